The van der Waals surface area contributed by atoms with Crippen molar-refractivity contribution in [2.45, 2.75) is 36.8 Å². The van der Waals surface area contributed by atoms with Crippen molar-refractivity contribution in [3.8, 4) is 22.5 Å². The number of H-pyrrole nitrogens is 1. The minimum atomic E-state index is -5.08. The average molecular weight is 623 g/mol. The summed E-state index contributed by atoms with van der Waals surface area (Å²) in [5.41, 5.74) is 6.85. The Kier molecular flexibility index (Phi) is 9.45. The van der Waals surface area contributed by atoms with Crippen molar-refractivity contribution in [3.63, 3.8) is 0 Å². The smallest absolute Gasteiger partial charge is 0.475 e. The number of thioether (sulfide) groups is 1. The molecule has 2 N–H and O–H groups in total. The number of fused-ring (bicyclic) bond motifs is 1. The van der Waals surface area contributed by atoms with Gasteiger partial charge in [0.15, 0.2) is 0 Å². The first-order valence-corrected chi connectivity index (χ1v) is 15.0. The minimum Gasteiger partial charge on any atom is -0.475 e. The van der Waals surface area contributed by atoms with Crippen LogP contribution < -0.4 is 5.69 Å². The lowest BCUT2D eigenvalue weighted by atomic mass is 10.0. The fraction of sp³-hybridized carbons (Fsp3) is 0.258. The maximum Gasteiger partial charge on any atom is 0.490 e. The second kappa shape index (κ2) is 13.4. The molecule has 44 heavy (non-hydrogen) atoms. The largest absolute Gasteiger partial charge is 0.490 e. The Labute approximate surface area is 254 Å². The number of aliphatic carboxylic acids is 1. The monoisotopic (exact) mass is 622 g/mol. The third-order valence-electron chi connectivity index (χ3n) is 7.32. The number of benzene rings is 3. The van der Waals surface area contributed by atoms with Gasteiger partial charge in [-0.1, -0.05) is 78.5 Å². The van der Waals surface area contributed by atoms with Gasteiger partial charge in [-0.05, 0) is 36.8 Å². The van der Waals surface area contributed by atoms with E-state index in [1.165, 1.54) is 17.3 Å². The summed E-state index contributed by atoms with van der Waals surface area (Å²) in [4.78, 5) is 31.7. The molecule has 228 valence electrons. The van der Waals surface area contributed by atoms with Crippen molar-refractivity contribution in [1.82, 2.24) is 29.6 Å². The maximum absolute atomic E-state index is 12.6. The molecule has 3 heterocycles. The SMILES string of the molecule is CSc1nnc(-c2ccccc2)c(-c2ccc(CN3CCC(n4c(=O)[nH]c5ccccc54)CC3)cc2)n1.O=C(O)C(F)(F)F. The minimum absolute atomic E-state index is 0.00560. The quantitative estimate of drug-likeness (QED) is 0.220. The number of piperidine rings is 1. The highest BCUT2D eigenvalue weighted by atomic mass is 32.2. The molecule has 13 heteroatoms. The molecule has 6 rings (SSSR count). The summed E-state index contributed by atoms with van der Waals surface area (Å²) < 4.78 is 33.7. The molecule has 1 fully saturated rings. The Morgan fingerprint density at radius 2 is 1.55 bits per heavy atom. The number of hydrogen-bond acceptors (Lipinski definition) is 7. The van der Waals surface area contributed by atoms with Gasteiger partial charge in [-0.25, -0.2) is 14.6 Å². The molecule has 0 spiro atoms. The number of hydrogen-bond donors (Lipinski definition) is 2. The number of aromatic nitrogens is 5. The van der Waals surface area contributed by atoms with Gasteiger partial charge in [-0.15, -0.1) is 10.2 Å². The van der Waals surface area contributed by atoms with E-state index in [1.54, 1.807) is 0 Å². The molecule has 0 amide bonds. The van der Waals surface area contributed by atoms with Crippen molar-refractivity contribution in [3.05, 3.63) is 94.9 Å². The Bertz CT molecular complexity index is 1780. The van der Waals surface area contributed by atoms with E-state index in [9.17, 15) is 18.0 Å². The van der Waals surface area contributed by atoms with Gasteiger partial charge < -0.3 is 10.1 Å². The van der Waals surface area contributed by atoms with Gasteiger partial charge >= 0.3 is 17.8 Å². The van der Waals surface area contributed by atoms with Gasteiger partial charge in [0.1, 0.15) is 11.4 Å². The van der Waals surface area contributed by atoms with Crippen LogP contribution >= 0.6 is 11.8 Å². The fourth-order valence-electron chi connectivity index (χ4n) is 5.19. The summed E-state index contributed by atoms with van der Waals surface area (Å²) in [6.07, 6.45) is -1.20. The third kappa shape index (κ3) is 7.17. The van der Waals surface area contributed by atoms with Crippen LogP contribution in [0.5, 0.6) is 0 Å². The number of nitrogens with zero attached hydrogens (tertiary/aromatic N) is 5. The number of halogens is 3. The first kappa shape index (κ1) is 31.0. The lowest BCUT2D eigenvalue weighted by Gasteiger charge is -2.32. The van der Waals surface area contributed by atoms with E-state index in [0.717, 1.165) is 66.0 Å². The number of carbonyl (C=O) groups is 1. The Balaban J connectivity index is 0.000000493. The number of imidazole rings is 1. The van der Waals surface area contributed by atoms with Crippen LogP contribution in [-0.2, 0) is 11.3 Å². The van der Waals surface area contributed by atoms with Crippen LogP contribution in [0.4, 0.5) is 13.2 Å². The number of carboxylic acid groups (broad SMARTS) is 1. The first-order valence-electron chi connectivity index (χ1n) is 13.8. The second-order valence-corrected chi connectivity index (χ2v) is 11.0. The standard InChI is InChI=1S/C29H28N6OS.C2HF3O2/c1-37-28-31-26(27(32-33-28)21-7-3-2-4-8-21)22-13-11-20(12-14-22)19-34-17-15-23(16-18-34)35-25-10-6-5-9-24(25)30-29(35)36;3-2(4,5)1(6)7/h2-14,23H,15-19H2,1H3,(H,30,36);(H,6,7). The van der Waals surface area contributed by atoms with Crippen LogP contribution in [0.15, 0.2) is 88.8 Å². The number of alkyl halides is 3. The number of para-hydroxylation sites is 2. The van der Waals surface area contributed by atoms with Crippen LogP contribution in [0, 0.1) is 0 Å². The fourth-order valence-corrected chi connectivity index (χ4v) is 5.49. The van der Waals surface area contributed by atoms with Crippen LogP contribution in [0.25, 0.3) is 33.5 Å². The van der Waals surface area contributed by atoms with Gasteiger partial charge in [0, 0.05) is 36.8 Å². The highest BCUT2D eigenvalue weighted by Crippen LogP contribution is 2.30. The average Bonchev–Trinajstić information content (AvgIpc) is 3.37. The van der Waals surface area contributed by atoms with Gasteiger partial charge in [0.25, 0.3) is 0 Å². The van der Waals surface area contributed by atoms with Crippen LogP contribution in [0.2, 0.25) is 0 Å². The normalized spacial score (nSPS) is 14.3. The lowest BCUT2D eigenvalue weighted by Crippen LogP contribution is -2.36. The summed E-state index contributed by atoms with van der Waals surface area (Å²) in [7, 11) is 0. The highest BCUT2D eigenvalue weighted by molar-refractivity contribution is 7.98. The van der Waals surface area contributed by atoms with E-state index in [2.05, 4.69) is 44.3 Å². The predicted molar refractivity (Wildman–Crippen MR) is 162 cm³/mol. The Morgan fingerprint density at radius 1 is 0.932 bits per heavy atom. The zero-order valence-corrected chi connectivity index (χ0v) is 24.5. The highest BCUT2D eigenvalue weighted by Gasteiger charge is 2.38. The molecule has 0 unspecified atom stereocenters. The van der Waals surface area contributed by atoms with Gasteiger partial charge in [0.2, 0.25) is 5.16 Å². The molecular weight excluding hydrogens is 593 g/mol. The molecule has 0 aliphatic carbocycles. The van der Waals surface area contributed by atoms with E-state index < -0.39 is 12.1 Å². The molecule has 0 bridgehead atoms. The molecule has 1 saturated heterocycles. The molecule has 5 aromatic rings. The van der Waals surface area contributed by atoms with Crippen LogP contribution in [0.3, 0.4) is 0 Å². The molecule has 1 aliphatic heterocycles. The maximum atomic E-state index is 12.6. The van der Waals surface area contributed by atoms with Gasteiger partial charge in [-0.3, -0.25) is 9.47 Å². The molecule has 2 aromatic heterocycles. The summed E-state index contributed by atoms with van der Waals surface area (Å²) in [5.74, 6) is -2.76. The Hall–Kier alpha value is -4.49. The zero-order chi connectivity index (χ0) is 31.3. The number of aromatic amines is 1. The summed E-state index contributed by atoms with van der Waals surface area (Å²) >= 11 is 1.49. The number of likely N-dealkylation sites (tertiary alicyclic amines) is 1. The molecular formula is C31H29F3N6O3S. The molecule has 0 saturated carbocycles. The first-order chi connectivity index (χ1) is 21.1. The van der Waals surface area contributed by atoms with Gasteiger partial charge in [-0.2, -0.15) is 13.2 Å². The third-order valence-corrected chi connectivity index (χ3v) is 7.86. The molecule has 0 radical (unpaired) electrons. The van der Waals surface area contributed by atoms with E-state index >= 15 is 0 Å². The van der Waals surface area contributed by atoms with Crippen LogP contribution in [-0.4, -0.2) is 66.2 Å². The van der Waals surface area contributed by atoms with Crippen molar-refractivity contribution < 1.29 is 23.1 Å². The van der Waals surface area contributed by atoms with E-state index in [1.807, 2.05) is 65.4 Å². The number of rotatable bonds is 6. The van der Waals surface area contributed by atoms with E-state index in [0.29, 0.717) is 5.16 Å². The predicted octanol–water partition coefficient (Wildman–Crippen LogP) is 6.04. The molecule has 0 atom stereocenters. The van der Waals surface area contributed by atoms with E-state index in [4.69, 9.17) is 14.9 Å². The van der Waals surface area contributed by atoms with E-state index in [-0.39, 0.29) is 11.7 Å². The van der Waals surface area contributed by atoms with Crippen molar-refractivity contribution in [2.24, 2.45) is 0 Å². The summed E-state index contributed by atoms with van der Waals surface area (Å²) in [6, 6.07) is 26.9. The van der Waals surface area contributed by atoms with Crippen molar-refractivity contribution >= 4 is 28.8 Å². The lowest BCUT2D eigenvalue weighted by molar-refractivity contribution is -0.192. The topological polar surface area (TPSA) is 117 Å². The molecule has 1 aliphatic rings. The van der Waals surface area contributed by atoms with Crippen molar-refractivity contribution in [2.75, 3.05) is 19.3 Å². The molecule has 3 aromatic carbocycles. The summed E-state index contributed by atoms with van der Waals surface area (Å²) in [5, 5.41) is 16.6. The summed E-state index contributed by atoms with van der Waals surface area (Å²) in [6.45, 7) is 2.81. The second-order valence-electron chi connectivity index (χ2n) is 10.2. The Morgan fingerprint density at radius 3 is 2.18 bits per heavy atom. The number of carboxylic acids is 1. The van der Waals surface area contributed by atoms with Gasteiger partial charge in [0.05, 0.1) is 11.0 Å². The van der Waals surface area contributed by atoms with Crippen LogP contribution in [0.1, 0.15) is 24.4 Å². The zero-order valence-electron chi connectivity index (χ0n) is 23.7. The number of nitrogens with one attached hydrogen (secondary N) is 1. The van der Waals surface area contributed by atoms with Crippen molar-refractivity contribution in [1.29, 1.82) is 0 Å². The molecule has 9 nitrogen and oxygen atoms in total.